The van der Waals surface area contributed by atoms with Crippen LogP contribution in [0.25, 0.3) is 17.1 Å². The highest BCUT2D eigenvalue weighted by atomic mass is 19.4. The number of aromatic nitrogens is 5. The highest BCUT2D eigenvalue weighted by Gasteiger charge is 2.35. The maximum absolute atomic E-state index is 13.9. The van der Waals surface area contributed by atoms with Crippen molar-refractivity contribution in [2.24, 2.45) is 0 Å². The largest absolute Gasteiger partial charge is 0.418 e. The van der Waals surface area contributed by atoms with Gasteiger partial charge in [-0.1, -0.05) is 36.8 Å². The van der Waals surface area contributed by atoms with Gasteiger partial charge in [0, 0.05) is 6.20 Å². The fourth-order valence-electron chi connectivity index (χ4n) is 3.78. The van der Waals surface area contributed by atoms with Crippen LogP contribution < -0.4 is 0 Å². The van der Waals surface area contributed by atoms with Crippen LogP contribution in [0.15, 0.2) is 55.0 Å². The van der Waals surface area contributed by atoms with Crippen molar-refractivity contribution in [2.45, 2.75) is 45.9 Å². The average molecular weight is 467 g/mol. The fraction of sp³-hybridized carbons (Fsp3) is 0.280. The van der Waals surface area contributed by atoms with E-state index < -0.39 is 18.3 Å². The molecule has 0 aliphatic carbocycles. The van der Waals surface area contributed by atoms with Gasteiger partial charge in [0.25, 0.3) is 0 Å². The highest BCUT2D eigenvalue weighted by molar-refractivity contribution is 5.58. The van der Waals surface area contributed by atoms with Gasteiger partial charge in [0.2, 0.25) is 0 Å². The molecule has 1 atom stereocenters. The molecule has 9 heteroatoms. The molecule has 6 nitrogen and oxygen atoms in total. The van der Waals surface area contributed by atoms with E-state index in [1.165, 1.54) is 0 Å². The smallest absolute Gasteiger partial charge is 0.390 e. The minimum Gasteiger partial charge on any atom is -0.390 e. The van der Waals surface area contributed by atoms with Crippen molar-refractivity contribution in [3.63, 3.8) is 0 Å². The van der Waals surface area contributed by atoms with Crippen molar-refractivity contribution in [2.75, 3.05) is 0 Å². The van der Waals surface area contributed by atoms with Crippen LogP contribution in [-0.4, -0.2) is 29.8 Å². The summed E-state index contributed by atoms with van der Waals surface area (Å²) in [6.07, 6.45) is -1.15. The minimum absolute atomic E-state index is 0.0119. The highest BCUT2D eigenvalue weighted by Crippen LogP contribution is 2.35. The molecule has 3 aromatic heterocycles. The van der Waals surface area contributed by atoms with E-state index in [2.05, 4.69) is 20.2 Å². The molecule has 0 amide bonds. The molecule has 0 unspecified atom stereocenters. The maximum Gasteiger partial charge on any atom is 0.418 e. The number of pyridine rings is 1. The van der Waals surface area contributed by atoms with Gasteiger partial charge in [0.1, 0.15) is 5.69 Å². The molecular weight excluding hydrogens is 443 g/mol. The van der Waals surface area contributed by atoms with Gasteiger partial charge in [-0.3, -0.25) is 0 Å². The van der Waals surface area contributed by atoms with Gasteiger partial charge in [-0.2, -0.15) is 18.3 Å². The van der Waals surface area contributed by atoms with Crippen LogP contribution in [0.1, 0.15) is 46.6 Å². The van der Waals surface area contributed by atoms with Gasteiger partial charge < -0.3 is 9.67 Å². The molecule has 0 aliphatic heterocycles. The Morgan fingerprint density at radius 3 is 2.32 bits per heavy atom. The summed E-state index contributed by atoms with van der Waals surface area (Å²) in [6.45, 7) is 5.25. The Bertz CT molecular complexity index is 1300. The Morgan fingerprint density at radius 2 is 1.71 bits per heavy atom. The van der Waals surface area contributed by atoms with E-state index in [1.807, 2.05) is 45.0 Å². The van der Waals surface area contributed by atoms with Crippen molar-refractivity contribution in [3.05, 3.63) is 88.8 Å². The van der Waals surface area contributed by atoms with Crippen LogP contribution in [0, 0.1) is 13.8 Å². The predicted molar refractivity (Wildman–Crippen MR) is 121 cm³/mol. The van der Waals surface area contributed by atoms with E-state index in [0.717, 1.165) is 22.9 Å². The summed E-state index contributed by atoms with van der Waals surface area (Å²) in [4.78, 5) is 8.50. The third kappa shape index (κ3) is 4.99. The van der Waals surface area contributed by atoms with Crippen molar-refractivity contribution in [3.8, 4) is 17.1 Å². The molecule has 0 saturated carbocycles. The van der Waals surface area contributed by atoms with Crippen LogP contribution in [0.2, 0.25) is 0 Å². The van der Waals surface area contributed by atoms with Crippen LogP contribution in [-0.2, 0) is 19.2 Å². The first-order chi connectivity index (χ1) is 16.2. The number of rotatable bonds is 6. The van der Waals surface area contributed by atoms with E-state index in [4.69, 9.17) is 0 Å². The number of halogens is 3. The first-order valence-corrected chi connectivity index (χ1v) is 10.8. The van der Waals surface area contributed by atoms with Crippen LogP contribution in [0.5, 0.6) is 0 Å². The molecule has 1 aromatic carbocycles. The van der Waals surface area contributed by atoms with Crippen LogP contribution >= 0.6 is 0 Å². The Balaban J connectivity index is 1.69. The number of benzene rings is 1. The monoisotopic (exact) mass is 467 g/mol. The number of hydrogen-bond donors (Lipinski definition) is 1. The lowest BCUT2D eigenvalue weighted by Gasteiger charge is -2.17. The molecule has 0 radical (unpaired) electrons. The van der Waals surface area contributed by atoms with Crippen molar-refractivity contribution < 1.29 is 18.3 Å². The fourth-order valence-corrected chi connectivity index (χ4v) is 3.78. The molecule has 3 heterocycles. The lowest BCUT2D eigenvalue weighted by Crippen LogP contribution is -2.15. The predicted octanol–water partition coefficient (Wildman–Crippen LogP) is 5.20. The molecule has 176 valence electrons. The lowest BCUT2D eigenvalue weighted by atomic mass is 9.93. The lowest BCUT2D eigenvalue weighted by molar-refractivity contribution is -0.138. The Kier molecular flexibility index (Phi) is 6.47. The van der Waals surface area contributed by atoms with Crippen LogP contribution in [0.4, 0.5) is 13.2 Å². The number of aliphatic hydroxyl groups excluding tert-OH is 1. The zero-order valence-electron chi connectivity index (χ0n) is 19.0. The second kappa shape index (κ2) is 9.34. The number of hydrogen-bond acceptors (Lipinski definition) is 5. The number of imidazole rings is 1. The minimum atomic E-state index is -4.60. The van der Waals surface area contributed by atoms with Crippen molar-refractivity contribution >= 4 is 0 Å². The molecule has 1 N–H and O–H groups in total. The quantitative estimate of drug-likeness (QED) is 0.422. The van der Waals surface area contributed by atoms with Crippen molar-refractivity contribution in [1.82, 2.24) is 24.7 Å². The first kappa shape index (κ1) is 23.6. The molecular formula is C25H24F3N5O. The third-order valence-electron chi connectivity index (χ3n) is 5.67. The second-order valence-corrected chi connectivity index (χ2v) is 8.35. The zero-order chi connectivity index (χ0) is 24.5. The Labute approximate surface area is 195 Å². The second-order valence-electron chi connectivity index (χ2n) is 8.35. The number of nitrogens with zero attached hydrogens (tertiary/aromatic N) is 5. The summed E-state index contributed by atoms with van der Waals surface area (Å²) in [6, 6.07) is 11.9. The van der Waals surface area contributed by atoms with Gasteiger partial charge in [-0.15, -0.1) is 5.10 Å². The third-order valence-corrected chi connectivity index (χ3v) is 5.67. The van der Waals surface area contributed by atoms with Crippen molar-refractivity contribution in [1.29, 1.82) is 0 Å². The van der Waals surface area contributed by atoms with Gasteiger partial charge in [0.15, 0.2) is 0 Å². The summed E-state index contributed by atoms with van der Waals surface area (Å²) in [5, 5.41) is 17.8. The summed E-state index contributed by atoms with van der Waals surface area (Å²) in [5.41, 5.74) is 2.91. The molecule has 0 aliphatic rings. The standard InChI is InChI=1S/C25H24F3N5O/c1-15-4-6-18(7-5-15)16(2)10-21-19(25(26,27)28)11-22(32-31-21)20-8-9-24(23(13-34)30-20)33-12-17(3)29-14-33/h4-9,11-12,14,16,34H,10,13H2,1-3H3/t16-/m1/s1. The zero-order valence-corrected chi connectivity index (χ0v) is 19.0. The van der Waals surface area contributed by atoms with Gasteiger partial charge in [0.05, 0.1) is 47.0 Å². The Hall–Kier alpha value is -3.59. The summed E-state index contributed by atoms with van der Waals surface area (Å²) in [7, 11) is 0. The SMILES string of the molecule is Cc1ccc([C@H](C)Cc2nnc(-c3ccc(-n4cnc(C)c4)c(CO)n3)cc2C(F)(F)F)cc1. The van der Waals surface area contributed by atoms with E-state index in [-0.39, 0.29) is 29.4 Å². The average Bonchev–Trinajstić information content (AvgIpc) is 3.24. The van der Waals surface area contributed by atoms with E-state index >= 15 is 0 Å². The first-order valence-electron chi connectivity index (χ1n) is 10.8. The summed E-state index contributed by atoms with van der Waals surface area (Å²) < 4.78 is 43.5. The van der Waals surface area contributed by atoms with E-state index in [1.54, 1.807) is 29.2 Å². The molecule has 4 aromatic rings. The summed E-state index contributed by atoms with van der Waals surface area (Å²) >= 11 is 0. The maximum atomic E-state index is 13.9. The van der Waals surface area contributed by atoms with Crippen LogP contribution in [0.3, 0.4) is 0 Å². The normalized spacial score (nSPS) is 12.7. The molecule has 34 heavy (non-hydrogen) atoms. The Morgan fingerprint density at radius 1 is 0.971 bits per heavy atom. The molecule has 4 rings (SSSR count). The topological polar surface area (TPSA) is 76.7 Å². The molecule has 0 fully saturated rings. The van der Waals surface area contributed by atoms with E-state index in [9.17, 15) is 18.3 Å². The number of alkyl halides is 3. The molecule has 0 spiro atoms. The summed E-state index contributed by atoms with van der Waals surface area (Å²) in [5.74, 6) is -0.168. The number of aryl methyl sites for hydroxylation is 2. The van der Waals surface area contributed by atoms with Gasteiger partial charge in [-0.25, -0.2) is 9.97 Å². The van der Waals surface area contributed by atoms with E-state index in [0.29, 0.717) is 11.4 Å². The number of aliphatic hydroxyl groups is 1. The van der Waals surface area contributed by atoms with Gasteiger partial charge >= 0.3 is 6.18 Å². The molecule has 0 bridgehead atoms. The van der Waals surface area contributed by atoms with Gasteiger partial charge in [-0.05, 0) is 49.9 Å². The molecule has 0 saturated heterocycles.